The molecule has 0 radical (unpaired) electrons. The number of aromatic nitrogens is 2. The molecule has 25 heavy (non-hydrogen) atoms. The lowest BCUT2D eigenvalue weighted by Gasteiger charge is -2.12. The lowest BCUT2D eigenvalue weighted by Crippen LogP contribution is -2.39. The molecule has 8 heteroatoms. The Morgan fingerprint density at radius 3 is 2.84 bits per heavy atom. The Bertz CT molecular complexity index is 794. The van der Waals surface area contributed by atoms with Gasteiger partial charge >= 0.3 is 0 Å². The van der Waals surface area contributed by atoms with Crippen molar-refractivity contribution < 1.29 is 9.59 Å². The molecule has 3 rings (SSSR count). The molecule has 1 fully saturated rings. The van der Waals surface area contributed by atoms with Crippen molar-refractivity contribution in [2.45, 2.75) is 44.8 Å². The van der Waals surface area contributed by atoms with Crippen LogP contribution in [0.4, 0.5) is 0 Å². The zero-order valence-corrected chi connectivity index (χ0v) is 14.6. The normalized spacial score (nSPS) is 14.4. The fraction of sp³-hybridized carbons (Fsp3) is 0.412. The summed E-state index contributed by atoms with van der Waals surface area (Å²) in [5.74, 6) is -0.719. The topological polar surface area (TPSA) is 93.1 Å². The summed E-state index contributed by atoms with van der Waals surface area (Å²) in [6.45, 7) is 0.252. The average Bonchev–Trinajstić information content (AvgIpc) is 3.28. The van der Waals surface area contributed by atoms with Gasteiger partial charge in [0.05, 0.1) is 12.9 Å². The molecule has 1 aliphatic rings. The average molecular weight is 360 g/mol. The van der Waals surface area contributed by atoms with Gasteiger partial charge in [0, 0.05) is 17.1 Å². The lowest BCUT2D eigenvalue weighted by atomic mass is 10.2. The number of carbonyl (C=O) groups excluding carboxylic acids is 2. The molecule has 2 N–H and O–H groups in total. The van der Waals surface area contributed by atoms with Crippen LogP contribution in [0.5, 0.6) is 0 Å². The van der Waals surface area contributed by atoms with Crippen molar-refractivity contribution in [1.82, 2.24) is 20.2 Å². The SMILES string of the molecule is O=C(Cn1cncc(C(=O)NC2CCCC2)c1=O)NCc1cccs1. The van der Waals surface area contributed by atoms with E-state index in [0.29, 0.717) is 6.54 Å². The Balaban J connectivity index is 1.62. The molecular weight excluding hydrogens is 340 g/mol. The molecule has 7 nitrogen and oxygen atoms in total. The molecule has 0 atom stereocenters. The zero-order valence-electron chi connectivity index (χ0n) is 13.7. The second-order valence-corrected chi connectivity index (χ2v) is 7.08. The lowest BCUT2D eigenvalue weighted by molar-refractivity contribution is -0.121. The van der Waals surface area contributed by atoms with E-state index < -0.39 is 11.5 Å². The van der Waals surface area contributed by atoms with Gasteiger partial charge in [-0.05, 0) is 24.3 Å². The van der Waals surface area contributed by atoms with E-state index in [2.05, 4.69) is 15.6 Å². The third-order valence-electron chi connectivity index (χ3n) is 4.19. The smallest absolute Gasteiger partial charge is 0.266 e. The van der Waals surface area contributed by atoms with E-state index in [0.717, 1.165) is 35.1 Å². The third-order valence-corrected chi connectivity index (χ3v) is 5.07. The maximum Gasteiger partial charge on any atom is 0.266 e. The van der Waals surface area contributed by atoms with Gasteiger partial charge in [0.2, 0.25) is 5.91 Å². The molecular formula is C17H20N4O3S. The molecule has 132 valence electrons. The molecule has 2 aromatic rings. The number of nitrogens with zero attached hydrogens (tertiary/aromatic N) is 2. The first-order chi connectivity index (χ1) is 12.1. The quantitative estimate of drug-likeness (QED) is 0.812. The highest BCUT2D eigenvalue weighted by atomic mass is 32.1. The summed E-state index contributed by atoms with van der Waals surface area (Å²) < 4.78 is 1.16. The van der Waals surface area contributed by atoms with Crippen LogP contribution in [0.3, 0.4) is 0 Å². The van der Waals surface area contributed by atoms with Crippen LogP contribution < -0.4 is 16.2 Å². The van der Waals surface area contributed by atoms with Crippen molar-refractivity contribution in [1.29, 1.82) is 0 Å². The molecule has 0 aliphatic heterocycles. The predicted octanol–water partition coefficient (Wildman–Crippen LogP) is 1.29. The number of hydrogen-bond acceptors (Lipinski definition) is 5. The van der Waals surface area contributed by atoms with Crippen LogP contribution >= 0.6 is 11.3 Å². The standard InChI is InChI=1S/C17H20N4O3S/c22-15(19-8-13-6-3-7-25-13)10-21-11-18-9-14(17(21)24)16(23)20-12-4-1-2-5-12/h3,6-7,9,11-12H,1-2,4-5,8,10H2,(H,19,22)(H,20,23). The van der Waals surface area contributed by atoms with Crippen molar-refractivity contribution in [3.63, 3.8) is 0 Å². The number of carbonyl (C=O) groups is 2. The zero-order chi connectivity index (χ0) is 17.6. The second kappa shape index (κ2) is 8.06. The summed E-state index contributed by atoms with van der Waals surface area (Å²) in [5, 5.41) is 7.55. The highest BCUT2D eigenvalue weighted by Crippen LogP contribution is 2.17. The van der Waals surface area contributed by atoms with Gasteiger partial charge in [-0.1, -0.05) is 18.9 Å². The molecule has 2 heterocycles. The van der Waals surface area contributed by atoms with E-state index in [1.165, 1.54) is 12.5 Å². The van der Waals surface area contributed by atoms with Crippen LogP contribution in [0.15, 0.2) is 34.8 Å². The molecule has 2 amide bonds. The molecule has 0 bridgehead atoms. The van der Waals surface area contributed by atoms with Crippen molar-refractivity contribution >= 4 is 23.2 Å². The summed E-state index contributed by atoms with van der Waals surface area (Å²) in [4.78, 5) is 41.7. The minimum absolute atomic E-state index is 0.0274. The van der Waals surface area contributed by atoms with Gasteiger partial charge in [-0.25, -0.2) is 4.98 Å². The van der Waals surface area contributed by atoms with Crippen molar-refractivity contribution in [3.05, 3.63) is 50.8 Å². The predicted molar refractivity (Wildman–Crippen MR) is 94.4 cm³/mol. The van der Waals surface area contributed by atoms with Gasteiger partial charge in [0.25, 0.3) is 11.5 Å². The summed E-state index contributed by atoms with van der Waals surface area (Å²) in [6.07, 6.45) is 6.59. The summed E-state index contributed by atoms with van der Waals surface area (Å²) >= 11 is 1.55. The third kappa shape index (κ3) is 4.54. The Labute approximate surface area is 149 Å². The number of rotatable bonds is 6. The summed E-state index contributed by atoms with van der Waals surface area (Å²) in [7, 11) is 0. The van der Waals surface area contributed by atoms with Crippen LogP contribution in [-0.2, 0) is 17.9 Å². The van der Waals surface area contributed by atoms with E-state index in [9.17, 15) is 14.4 Å². The maximum absolute atomic E-state index is 12.4. The molecule has 0 unspecified atom stereocenters. The fourth-order valence-electron chi connectivity index (χ4n) is 2.86. The molecule has 2 aromatic heterocycles. The van der Waals surface area contributed by atoms with Crippen LogP contribution in [0.1, 0.15) is 40.9 Å². The minimum Gasteiger partial charge on any atom is -0.350 e. The van der Waals surface area contributed by atoms with Crippen molar-refractivity contribution in [2.75, 3.05) is 0 Å². The highest BCUT2D eigenvalue weighted by Gasteiger charge is 2.20. The Kier molecular flexibility index (Phi) is 5.60. The minimum atomic E-state index is -0.503. The Morgan fingerprint density at radius 1 is 1.32 bits per heavy atom. The number of hydrogen-bond donors (Lipinski definition) is 2. The number of nitrogens with one attached hydrogen (secondary N) is 2. The molecule has 1 saturated carbocycles. The fourth-order valence-corrected chi connectivity index (χ4v) is 3.51. The Hall–Kier alpha value is -2.48. The first kappa shape index (κ1) is 17.3. The maximum atomic E-state index is 12.4. The molecule has 1 aliphatic carbocycles. The van der Waals surface area contributed by atoms with E-state index in [1.807, 2.05) is 17.5 Å². The van der Waals surface area contributed by atoms with Gasteiger partial charge in [0.1, 0.15) is 12.1 Å². The van der Waals surface area contributed by atoms with E-state index in [1.54, 1.807) is 11.3 Å². The summed E-state index contributed by atoms with van der Waals surface area (Å²) in [5.41, 5.74) is -0.530. The van der Waals surface area contributed by atoms with Gasteiger partial charge in [0.15, 0.2) is 0 Å². The van der Waals surface area contributed by atoms with Gasteiger partial charge < -0.3 is 10.6 Å². The highest BCUT2D eigenvalue weighted by molar-refractivity contribution is 7.09. The molecule has 0 spiro atoms. The monoisotopic (exact) mass is 360 g/mol. The van der Waals surface area contributed by atoms with Crippen LogP contribution in [-0.4, -0.2) is 27.4 Å². The van der Waals surface area contributed by atoms with E-state index >= 15 is 0 Å². The van der Waals surface area contributed by atoms with Gasteiger partial charge in [-0.15, -0.1) is 11.3 Å². The number of thiophene rings is 1. The largest absolute Gasteiger partial charge is 0.350 e. The summed E-state index contributed by atoms with van der Waals surface area (Å²) in [6, 6.07) is 3.95. The van der Waals surface area contributed by atoms with Crippen LogP contribution in [0.25, 0.3) is 0 Å². The number of amides is 2. The van der Waals surface area contributed by atoms with E-state index in [-0.39, 0.29) is 24.1 Å². The van der Waals surface area contributed by atoms with Crippen molar-refractivity contribution in [3.8, 4) is 0 Å². The molecule has 0 aromatic carbocycles. The van der Waals surface area contributed by atoms with Crippen LogP contribution in [0, 0.1) is 0 Å². The van der Waals surface area contributed by atoms with Gasteiger partial charge in [-0.3, -0.25) is 19.0 Å². The Morgan fingerprint density at radius 2 is 2.12 bits per heavy atom. The second-order valence-electron chi connectivity index (χ2n) is 6.05. The molecule has 0 saturated heterocycles. The van der Waals surface area contributed by atoms with Crippen molar-refractivity contribution in [2.24, 2.45) is 0 Å². The van der Waals surface area contributed by atoms with Gasteiger partial charge in [-0.2, -0.15) is 0 Å². The first-order valence-electron chi connectivity index (χ1n) is 8.28. The van der Waals surface area contributed by atoms with E-state index in [4.69, 9.17) is 0 Å². The van der Waals surface area contributed by atoms with Crippen LogP contribution in [0.2, 0.25) is 0 Å². The first-order valence-corrected chi connectivity index (χ1v) is 9.16.